The van der Waals surface area contributed by atoms with Crippen LogP contribution in [0, 0.1) is 6.92 Å². The normalized spacial score (nSPS) is 14.5. The Bertz CT molecular complexity index is 586. The molecule has 1 saturated heterocycles. The first-order valence-electron chi connectivity index (χ1n) is 7.50. The van der Waals surface area contributed by atoms with E-state index in [1.807, 2.05) is 6.92 Å². The number of methoxy groups -OCH3 is 1. The van der Waals surface area contributed by atoms with Crippen molar-refractivity contribution in [3.63, 3.8) is 0 Å². The summed E-state index contributed by atoms with van der Waals surface area (Å²) >= 11 is 6.04. The molecule has 1 N–H and O–H groups in total. The molecule has 6 nitrogen and oxygen atoms in total. The summed E-state index contributed by atoms with van der Waals surface area (Å²) in [5.41, 5.74) is 1.39. The lowest BCUT2D eigenvalue weighted by atomic mass is 10.2. The van der Waals surface area contributed by atoms with E-state index in [-0.39, 0.29) is 24.7 Å². The highest BCUT2D eigenvalue weighted by molar-refractivity contribution is 6.31. The summed E-state index contributed by atoms with van der Waals surface area (Å²) in [7, 11) is 1.51. The number of aryl methyl sites for hydroxylation is 1. The van der Waals surface area contributed by atoms with Crippen molar-refractivity contribution in [2.24, 2.45) is 0 Å². The summed E-state index contributed by atoms with van der Waals surface area (Å²) in [5.74, 6) is 0.239. The fraction of sp³-hybridized carbons (Fsp3) is 0.500. The fourth-order valence-electron chi connectivity index (χ4n) is 2.33. The van der Waals surface area contributed by atoms with Crippen LogP contribution < -0.4 is 10.1 Å². The number of anilines is 1. The Morgan fingerprint density at radius 2 is 2.00 bits per heavy atom. The summed E-state index contributed by atoms with van der Waals surface area (Å²) in [6, 6.07) is 3.41. The zero-order chi connectivity index (χ0) is 16.8. The van der Waals surface area contributed by atoms with Crippen LogP contribution >= 0.6 is 11.6 Å². The highest BCUT2D eigenvalue weighted by atomic mass is 35.5. The molecule has 1 aromatic rings. The van der Waals surface area contributed by atoms with Crippen molar-refractivity contribution in [1.82, 2.24) is 4.90 Å². The lowest BCUT2D eigenvalue weighted by Gasteiger charge is -2.26. The lowest BCUT2D eigenvalue weighted by molar-refractivity contribution is -0.136. The van der Waals surface area contributed by atoms with E-state index in [1.165, 1.54) is 7.11 Å². The van der Waals surface area contributed by atoms with Gasteiger partial charge in [-0.2, -0.15) is 0 Å². The number of morpholine rings is 1. The third kappa shape index (κ3) is 4.84. The van der Waals surface area contributed by atoms with Gasteiger partial charge in [0.05, 0.1) is 26.0 Å². The molecule has 1 heterocycles. The number of ether oxygens (including phenoxy) is 2. The molecule has 2 rings (SSSR count). The zero-order valence-corrected chi connectivity index (χ0v) is 14.1. The number of rotatable bonds is 5. The smallest absolute Gasteiger partial charge is 0.224 e. The predicted octanol–water partition coefficient (Wildman–Crippen LogP) is 2.23. The third-order valence-electron chi connectivity index (χ3n) is 3.68. The number of halogens is 1. The Labute approximate surface area is 140 Å². The molecule has 1 aliphatic rings. The Kier molecular flexibility index (Phi) is 6.24. The van der Waals surface area contributed by atoms with Gasteiger partial charge in [0.15, 0.2) is 0 Å². The molecule has 1 fully saturated rings. The minimum absolute atomic E-state index is 0.0253. The number of amides is 2. The molecule has 0 saturated carbocycles. The molecule has 0 aromatic heterocycles. The molecule has 2 amide bonds. The van der Waals surface area contributed by atoms with E-state index in [1.54, 1.807) is 17.0 Å². The monoisotopic (exact) mass is 340 g/mol. The van der Waals surface area contributed by atoms with Crippen molar-refractivity contribution in [2.45, 2.75) is 19.8 Å². The molecule has 0 bridgehead atoms. The van der Waals surface area contributed by atoms with Crippen molar-refractivity contribution in [3.05, 3.63) is 22.7 Å². The largest absolute Gasteiger partial charge is 0.495 e. The number of hydrogen-bond acceptors (Lipinski definition) is 4. The number of nitrogens with one attached hydrogen (secondary N) is 1. The highest BCUT2D eigenvalue weighted by Gasteiger charge is 2.18. The Hall–Kier alpha value is -1.79. The molecule has 126 valence electrons. The summed E-state index contributed by atoms with van der Waals surface area (Å²) in [4.78, 5) is 25.8. The third-order valence-corrected chi connectivity index (χ3v) is 4.09. The summed E-state index contributed by atoms with van der Waals surface area (Å²) < 4.78 is 10.4. The van der Waals surface area contributed by atoms with Crippen molar-refractivity contribution < 1.29 is 19.1 Å². The van der Waals surface area contributed by atoms with Crippen LogP contribution in [0.25, 0.3) is 0 Å². The first-order chi connectivity index (χ1) is 11.0. The van der Waals surface area contributed by atoms with E-state index in [2.05, 4.69) is 5.32 Å². The average Bonchev–Trinajstić information content (AvgIpc) is 2.56. The SMILES string of the molecule is COc1cc(Cl)c(C)cc1NC(=O)CCC(=O)N1CCOCC1. The van der Waals surface area contributed by atoms with Gasteiger partial charge in [0.25, 0.3) is 0 Å². The van der Waals surface area contributed by atoms with E-state index in [0.717, 1.165) is 5.56 Å². The van der Waals surface area contributed by atoms with Crippen LogP contribution in [0.15, 0.2) is 12.1 Å². The van der Waals surface area contributed by atoms with Gasteiger partial charge in [0, 0.05) is 37.0 Å². The molecule has 0 radical (unpaired) electrons. The predicted molar refractivity (Wildman–Crippen MR) is 88.0 cm³/mol. The Balaban J connectivity index is 1.89. The number of carbonyl (C=O) groups excluding carboxylic acids is 2. The quantitative estimate of drug-likeness (QED) is 0.892. The van der Waals surface area contributed by atoms with E-state index < -0.39 is 0 Å². The van der Waals surface area contributed by atoms with Crippen LogP contribution in [-0.4, -0.2) is 50.1 Å². The van der Waals surface area contributed by atoms with Gasteiger partial charge in [-0.3, -0.25) is 9.59 Å². The number of benzene rings is 1. The fourth-order valence-corrected chi connectivity index (χ4v) is 2.49. The van der Waals surface area contributed by atoms with Gasteiger partial charge < -0.3 is 19.7 Å². The van der Waals surface area contributed by atoms with E-state index in [0.29, 0.717) is 42.8 Å². The van der Waals surface area contributed by atoms with Crippen molar-refractivity contribution in [3.8, 4) is 5.75 Å². The second-order valence-corrected chi connectivity index (χ2v) is 5.75. The summed E-state index contributed by atoms with van der Waals surface area (Å²) in [5, 5.41) is 3.34. The standard InChI is InChI=1S/C16H21ClN2O4/c1-11-9-13(14(22-2)10-12(11)17)18-15(20)3-4-16(21)19-5-7-23-8-6-19/h9-10H,3-8H2,1-2H3,(H,18,20). The van der Waals surface area contributed by atoms with Crippen LogP contribution in [0.1, 0.15) is 18.4 Å². The molecule has 23 heavy (non-hydrogen) atoms. The molecule has 0 spiro atoms. The van der Waals surface area contributed by atoms with Gasteiger partial charge in [-0.15, -0.1) is 0 Å². The maximum Gasteiger partial charge on any atom is 0.224 e. The van der Waals surface area contributed by atoms with Crippen molar-refractivity contribution in [1.29, 1.82) is 0 Å². The maximum absolute atomic E-state index is 12.1. The zero-order valence-electron chi connectivity index (χ0n) is 13.4. The molecule has 0 unspecified atom stereocenters. The van der Waals surface area contributed by atoms with Crippen molar-refractivity contribution in [2.75, 3.05) is 38.7 Å². The van der Waals surface area contributed by atoms with Gasteiger partial charge in [-0.25, -0.2) is 0 Å². The number of carbonyl (C=O) groups is 2. The number of nitrogens with zero attached hydrogens (tertiary/aromatic N) is 1. The highest BCUT2D eigenvalue weighted by Crippen LogP contribution is 2.31. The van der Waals surface area contributed by atoms with Gasteiger partial charge in [0.1, 0.15) is 5.75 Å². The molecule has 0 aliphatic carbocycles. The van der Waals surface area contributed by atoms with Crippen LogP contribution in [-0.2, 0) is 14.3 Å². The molecule has 7 heteroatoms. The summed E-state index contributed by atoms with van der Waals surface area (Å²) in [6.07, 6.45) is 0.307. The van der Waals surface area contributed by atoms with E-state index >= 15 is 0 Å². The molecule has 1 aromatic carbocycles. The topological polar surface area (TPSA) is 67.9 Å². The van der Waals surface area contributed by atoms with E-state index in [9.17, 15) is 9.59 Å². The molecular weight excluding hydrogens is 320 g/mol. The molecule has 1 aliphatic heterocycles. The Morgan fingerprint density at radius 3 is 2.65 bits per heavy atom. The van der Waals surface area contributed by atoms with Gasteiger partial charge in [-0.1, -0.05) is 11.6 Å². The van der Waals surface area contributed by atoms with Crippen LogP contribution in [0.5, 0.6) is 5.75 Å². The van der Waals surface area contributed by atoms with Gasteiger partial charge in [0.2, 0.25) is 11.8 Å². The van der Waals surface area contributed by atoms with Gasteiger partial charge in [-0.05, 0) is 18.6 Å². The Morgan fingerprint density at radius 1 is 1.30 bits per heavy atom. The molecule has 0 atom stereocenters. The minimum atomic E-state index is -0.230. The lowest BCUT2D eigenvalue weighted by Crippen LogP contribution is -2.40. The van der Waals surface area contributed by atoms with Crippen LogP contribution in [0.3, 0.4) is 0 Å². The first-order valence-corrected chi connectivity index (χ1v) is 7.88. The van der Waals surface area contributed by atoms with Gasteiger partial charge >= 0.3 is 0 Å². The second kappa shape index (κ2) is 8.17. The summed E-state index contributed by atoms with van der Waals surface area (Å²) in [6.45, 7) is 4.13. The molecular formula is C16H21ClN2O4. The first kappa shape index (κ1) is 17.6. The average molecular weight is 341 g/mol. The van der Waals surface area contributed by atoms with Crippen LogP contribution in [0.2, 0.25) is 5.02 Å². The number of hydrogen-bond donors (Lipinski definition) is 1. The van der Waals surface area contributed by atoms with Crippen LogP contribution in [0.4, 0.5) is 5.69 Å². The second-order valence-electron chi connectivity index (χ2n) is 5.34. The van der Waals surface area contributed by atoms with Crippen molar-refractivity contribution >= 4 is 29.1 Å². The maximum atomic E-state index is 12.1. The van der Waals surface area contributed by atoms with E-state index in [4.69, 9.17) is 21.1 Å². The minimum Gasteiger partial charge on any atom is -0.495 e.